The predicted molar refractivity (Wildman–Crippen MR) is 80.6 cm³/mol. The molecule has 5 heteroatoms. The quantitative estimate of drug-likeness (QED) is 0.803. The highest BCUT2D eigenvalue weighted by Gasteiger charge is 2.31. The fourth-order valence-electron chi connectivity index (χ4n) is 2.17. The molecule has 0 aliphatic carbocycles. The van der Waals surface area contributed by atoms with Crippen molar-refractivity contribution in [1.82, 2.24) is 5.32 Å². The summed E-state index contributed by atoms with van der Waals surface area (Å²) in [4.78, 5) is 2.19. The van der Waals surface area contributed by atoms with E-state index < -0.39 is 11.7 Å². The van der Waals surface area contributed by atoms with Crippen LogP contribution in [0.15, 0.2) is 36.4 Å². The van der Waals surface area contributed by atoms with Crippen LogP contribution < -0.4 is 5.32 Å². The summed E-state index contributed by atoms with van der Waals surface area (Å²) in [5, 5.41) is 3.34. The summed E-state index contributed by atoms with van der Waals surface area (Å²) in [6, 6.07) is 9.35. The minimum atomic E-state index is -4.31. The third kappa shape index (κ3) is 4.08. The van der Waals surface area contributed by atoms with Crippen molar-refractivity contribution >= 4 is 11.3 Å². The first-order chi connectivity index (χ1) is 9.91. The van der Waals surface area contributed by atoms with Gasteiger partial charge in [0.1, 0.15) is 0 Å². The molecule has 2 aromatic rings. The molecule has 21 heavy (non-hydrogen) atoms. The Morgan fingerprint density at radius 1 is 1.19 bits per heavy atom. The van der Waals surface area contributed by atoms with Crippen LogP contribution in [0.4, 0.5) is 13.2 Å². The summed E-state index contributed by atoms with van der Waals surface area (Å²) < 4.78 is 38.6. The van der Waals surface area contributed by atoms with Gasteiger partial charge in [-0.15, -0.1) is 11.3 Å². The van der Waals surface area contributed by atoms with Gasteiger partial charge in [0.05, 0.1) is 11.6 Å². The minimum absolute atomic E-state index is 0.189. The van der Waals surface area contributed by atoms with Crippen molar-refractivity contribution in [2.45, 2.75) is 32.5 Å². The van der Waals surface area contributed by atoms with E-state index in [1.54, 1.807) is 17.4 Å². The SMILES string of the molecule is CCCNC(c1cccc(C(F)(F)F)c1)c1ccc(C)s1. The van der Waals surface area contributed by atoms with Gasteiger partial charge in [0, 0.05) is 9.75 Å². The summed E-state index contributed by atoms with van der Waals surface area (Å²) in [5.74, 6) is 0. The molecule has 1 N–H and O–H groups in total. The van der Waals surface area contributed by atoms with Crippen molar-refractivity contribution in [3.63, 3.8) is 0 Å². The third-order valence-electron chi connectivity index (χ3n) is 3.19. The van der Waals surface area contributed by atoms with Crippen molar-refractivity contribution in [2.75, 3.05) is 6.54 Å². The standard InChI is InChI=1S/C16H18F3NS/c1-3-9-20-15(14-8-7-11(2)21-14)12-5-4-6-13(10-12)16(17,18)19/h4-8,10,15,20H,3,9H2,1-2H3. The van der Waals surface area contributed by atoms with E-state index in [0.29, 0.717) is 5.56 Å². The van der Waals surface area contributed by atoms with E-state index in [9.17, 15) is 13.2 Å². The molecule has 1 aromatic carbocycles. The fourth-order valence-corrected chi connectivity index (χ4v) is 3.16. The van der Waals surface area contributed by atoms with Gasteiger partial charge in [-0.05, 0) is 49.7 Å². The van der Waals surface area contributed by atoms with Gasteiger partial charge in [-0.2, -0.15) is 13.2 Å². The van der Waals surface area contributed by atoms with Crippen molar-refractivity contribution in [2.24, 2.45) is 0 Å². The molecule has 0 saturated carbocycles. The Morgan fingerprint density at radius 3 is 2.52 bits per heavy atom. The van der Waals surface area contributed by atoms with Crippen LogP contribution in [-0.2, 0) is 6.18 Å². The van der Waals surface area contributed by atoms with Crippen LogP contribution >= 0.6 is 11.3 Å². The van der Waals surface area contributed by atoms with Crippen LogP contribution in [-0.4, -0.2) is 6.54 Å². The Kier molecular flexibility index (Phi) is 5.06. The number of benzene rings is 1. The number of rotatable bonds is 5. The lowest BCUT2D eigenvalue weighted by Gasteiger charge is -2.19. The molecule has 1 aromatic heterocycles. The highest BCUT2D eigenvalue weighted by atomic mass is 32.1. The molecular weight excluding hydrogens is 295 g/mol. The van der Waals surface area contributed by atoms with Crippen LogP contribution in [0.5, 0.6) is 0 Å². The van der Waals surface area contributed by atoms with Crippen LogP contribution in [0.3, 0.4) is 0 Å². The second kappa shape index (κ2) is 6.62. The van der Waals surface area contributed by atoms with Gasteiger partial charge in [-0.3, -0.25) is 0 Å². The lowest BCUT2D eigenvalue weighted by atomic mass is 10.0. The zero-order chi connectivity index (χ0) is 15.5. The molecular formula is C16H18F3NS. The molecule has 1 heterocycles. The molecule has 2 rings (SSSR count). The lowest BCUT2D eigenvalue weighted by molar-refractivity contribution is -0.137. The number of thiophene rings is 1. The zero-order valence-corrected chi connectivity index (χ0v) is 12.8. The molecule has 0 fully saturated rings. The maximum Gasteiger partial charge on any atom is 0.416 e. The lowest BCUT2D eigenvalue weighted by Crippen LogP contribution is -2.22. The summed E-state index contributed by atoms with van der Waals surface area (Å²) >= 11 is 1.61. The Bertz CT molecular complexity index is 589. The largest absolute Gasteiger partial charge is 0.416 e. The van der Waals surface area contributed by atoms with Gasteiger partial charge in [0.25, 0.3) is 0 Å². The third-order valence-corrected chi connectivity index (χ3v) is 4.26. The van der Waals surface area contributed by atoms with E-state index in [1.807, 2.05) is 26.0 Å². The van der Waals surface area contributed by atoms with Gasteiger partial charge >= 0.3 is 6.18 Å². The van der Waals surface area contributed by atoms with Crippen molar-refractivity contribution in [1.29, 1.82) is 0 Å². The maximum atomic E-state index is 12.9. The van der Waals surface area contributed by atoms with Crippen LogP contribution in [0, 0.1) is 6.92 Å². The van der Waals surface area contributed by atoms with E-state index in [-0.39, 0.29) is 6.04 Å². The Balaban J connectivity index is 2.37. The van der Waals surface area contributed by atoms with E-state index in [4.69, 9.17) is 0 Å². The Labute approximate surface area is 126 Å². The second-order valence-corrected chi connectivity index (χ2v) is 6.28. The summed E-state index contributed by atoms with van der Waals surface area (Å²) in [6.07, 6.45) is -3.38. The molecule has 0 radical (unpaired) electrons. The Hall–Kier alpha value is -1.33. The van der Waals surface area contributed by atoms with Gasteiger partial charge in [-0.1, -0.05) is 19.1 Å². The van der Waals surface area contributed by atoms with Crippen LogP contribution in [0.25, 0.3) is 0 Å². The minimum Gasteiger partial charge on any atom is -0.306 e. The maximum absolute atomic E-state index is 12.9. The zero-order valence-electron chi connectivity index (χ0n) is 12.0. The number of halogens is 3. The van der Waals surface area contributed by atoms with E-state index in [0.717, 1.165) is 28.8 Å². The van der Waals surface area contributed by atoms with Gasteiger partial charge < -0.3 is 5.32 Å². The molecule has 0 bridgehead atoms. The van der Waals surface area contributed by atoms with Crippen LogP contribution in [0.2, 0.25) is 0 Å². The molecule has 0 spiro atoms. The highest BCUT2D eigenvalue weighted by molar-refractivity contribution is 7.12. The number of alkyl halides is 3. The van der Waals surface area contributed by atoms with Crippen molar-refractivity contribution in [3.8, 4) is 0 Å². The highest BCUT2D eigenvalue weighted by Crippen LogP contribution is 2.33. The molecule has 1 nitrogen and oxygen atoms in total. The topological polar surface area (TPSA) is 12.0 Å². The first kappa shape index (κ1) is 16.0. The predicted octanol–water partition coefficient (Wildman–Crippen LogP) is 5.16. The van der Waals surface area contributed by atoms with Gasteiger partial charge in [-0.25, -0.2) is 0 Å². The fraction of sp³-hybridized carbons (Fsp3) is 0.375. The molecule has 0 saturated heterocycles. The number of nitrogens with one attached hydrogen (secondary N) is 1. The summed E-state index contributed by atoms with van der Waals surface area (Å²) in [6.45, 7) is 4.80. The molecule has 0 aliphatic heterocycles. The van der Waals surface area contributed by atoms with Gasteiger partial charge in [0.2, 0.25) is 0 Å². The van der Waals surface area contributed by atoms with Gasteiger partial charge in [0.15, 0.2) is 0 Å². The van der Waals surface area contributed by atoms with Crippen LogP contribution in [0.1, 0.15) is 40.3 Å². The molecule has 0 amide bonds. The first-order valence-corrected chi connectivity index (χ1v) is 7.70. The molecule has 1 atom stereocenters. The smallest absolute Gasteiger partial charge is 0.306 e. The Morgan fingerprint density at radius 2 is 1.95 bits per heavy atom. The average molecular weight is 313 g/mol. The number of hydrogen-bond donors (Lipinski definition) is 1. The molecule has 114 valence electrons. The van der Waals surface area contributed by atoms with E-state index >= 15 is 0 Å². The van der Waals surface area contributed by atoms with Crippen molar-refractivity contribution in [3.05, 3.63) is 57.3 Å². The molecule has 0 aliphatic rings. The average Bonchev–Trinajstić information content (AvgIpc) is 2.85. The van der Waals surface area contributed by atoms with E-state index in [1.165, 1.54) is 12.1 Å². The number of hydrogen-bond acceptors (Lipinski definition) is 2. The first-order valence-electron chi connectivity index (χ1n) is 6.88. The normalized spacial score (nSPS) is 13.4. The second-order valence-electron chi connectivity index (χ2n) is 4.96. The number of aryl methyl sites for hydroxylation is 1. The van der Waals surface area contributed by atoms with Crippen molar-refractivity contribution < 1.29 is 13.2 Å². The summed E-state index contributed by atoms with van der Waals surface area (Å²) in [7, 11) is 0. The molecule has 1 unspecified atom stereocenters. The van der Waals surface area contributed by atoms with E-state index in [2.05, 4.69) is 5.32 Å². The summed E-state index contributed by atoms with van der Waals surface area (Å²) in [5.41, 5.74) is 0.0525. The monoisotopic (exact) mass is 313 g/mol.